The fraction of sp³-hybridized carbons (Fsp3) is 0.250. The molecule has 0 spiro atoms. The lowest BCUT2D eigenvalue weighted by molar-refractivity contribution is -0.385. The molecule has 1 aromatic heterocycles. The Morgan fingerprint density at radius 2 is 2.12 bits per heavy atom. The second kappa shape index (κ2) is 8.78. The van der Waals surface area contributed by atoms with E-state index in [0.717, 1.165) is 4.88 Å². The number of hydrogen-bond donors (Lipinski definition) is 2. The number of imide groups is 1. The van der Waals surface area contributed by atoms with Gasteiger partial charge in [-0.1, -0.05) is 12.1 Å². The topological polar surface area (TPSA) is 111 Å². The highest BCUT2D eigenvalue weighted by Gasteiger charge is 2.17. The number of nitrogens with zero attached hydrogens (tertiary/aromatic N) is 1. The molecule has 9 heteroatoms. The summed E-state index contributed by atoms with van der Waals surface area (Å²) in [5.74, 6) is -0.715. The first kappa shape index (κ1) is 18.4. The minimum Gasteiger partial charge on any atom is -0.477 e. The van der Waals surface area contributed by atoms with Gasteiger partial charge in [-0.05, 0) is 36.4 Å². The van der Waals surface area contributed by atoms with Crippen LogP contribution in [0, 0.1) is 17.0 Å². The number of aryl methyl sites for hydroxylation is 1. The van der Waals surface area contributed by atoms with Gasteiger partial charge in [0.25, 0.3) is 5.91 Å². The molecule has 2 aromatic rings. The molecule has 3 amide bonds. The lowest BCUT2D eigenvalue weighted by atomic mass is 10.2. The van der Waals surface area contributed by atoms with E-state index >= 15 is 0 Å². The van der Waals surface area contributed by atoms with Crippen molar-refractivity contribution in [3.8, 4) is 5.75 Å². The van der Waals surface area contributed by atoms with E-state index < -0.39 is 23.5 Å². The molecule has 0 unspecified atom stereocenters. The average molecular weight is 363 g/mol. The van der Waals surface area contributed by atoms with Gasteiger partial charge in [-0.15, -0.1) is 11.3 Å². The van der Waals surface area contributed by atoms with Crippen LogP contribution in [0.2, 0.25) is 0 Å². The Labute approximate surface area is 148 Å². The lowest BCUT2D eigenvalue weighted by Gasteiger charge is -2.08. The maximum absolute atomic E-state index is 11.7. The number of ether oxygens (including phenoxy) is 1. The summed E-state index contributed by atoms with van der Waals surface area (Å²) in [5, 5.41) is 17.6. The molecule has 0 radical (unpaired) electrons. The Morgan fingerprint density at radius 3 is 2.80 bits per heavy atom. The molecule has 2 N–H and O–H groups in total. The first-order chi connectivity index (χ1) is 12.0. The van der Waals surface area contributed by atoms with Gasteiger partial charge >= 0.3 is 11.7 Å². The highest BCUT2D eigenvalue weighted by Crippen LogP contribution is 2.27. The van der Waals surface area contributed by atoms with E-state index in [2.05, 4.69) is 10.6 Å². The summed E-state index contributed by atoms with van der Waals surface area (Å²) in [6.45, 7) is 1.61. The first-order valence-corrected chi connectivity index (χ1v) is 8.31. The summed E-state index contributed by atoms with van der Waals surface area (Å²) < 4.78 is 5.15. The molecule has 0 saturated heterocycles. The van der Waals surface area contributed by atoms with Crippen LogP contribution in [-0.4, -0.2) is 30.0 Å². The van der Waals surface area contributed by atoms with Crippen LogP contribution >= 0.6 is 11.3 Å². The van der Waals surface area contributed by atoms with Crippen molar-refractivity contribution in [1.82, 2.24) is 10.6 Å². The van der Waals surface area contributed by atoms with Gasteiger partial charge in [0.2, 0.25) is 0 Å². The molecule has 0 aliphatic carbocycles. The van der Waals surface area contributed by atoms with Crippen molar-refractivity contribution in [2.24, 2.45) is 0 Å². The second-order valence-electron chi connectivity index (χ2n) is 5.15. The van der Waals surface area contributed by atoms with Crippen molar-refractivity contribution < 1.29 is 19.2 Å². The summed E-state index contributed by atoms with van der Waals surface area (Å²) >= 11 is 1.59. The van der Waals surface area contributed by atoms with E-state index in [1.54, 1.807) is 24.3 Å². The number of nitro groups is 1. The zero-order chi connectivity index (χ0) is 18.2. The molecule has 2 rings (SSSR count). The van der Waals surface area contributed by atoms with Crippen LogP contribution in [0.15, 0.2) is 35.7 Å². The number of rotatable bonds is 7. The van der Waals surface area contributed by atoms with Crippen LogP contribution in [0.4, 0.5) is 10.5 Å². The number of nitro benzene ring substituents is 1. The SMILES string of the molecule is Cc1ccc(OCC(=O)NC(=O)NCCc2cccs2)c([N+](=O)[O-])c1. The van der Waals surface area contributed by atoms with Crippen molar-refractivity contribution in [2.75, 3.05) is 13.2 Å². The predicted octanol–water partition coefficient (Wildman–Crippen LogP) is 2.41. The summed E-state index contributed by atoms with van der Waals surface area (Å²) in [5.41, 5.74) is 0.474. The molecule has 1 aromatic carbocycles. The molecule has 0 atom stereocenters. The maximum Gasteiger partial charge on any atom is 0.321 e. The molecule has 1 heterocycles. The van der Waals surface area contributed by atoms with E-state index in [0.29, 0.717) is 18.5 Å². The Kier molecular flexibility index (Phi) is 6.47. The Balaban J connectivity index is 1.76. The van der Waals surface area contributed by atoms with Crippen LogP contribution in [0.1, 0.15) is 10.4 Å². The Bertz CT molecular complexity index is 761. The van der Waals surface area contributed by atoms with Crippen LogP contribution < -0.4 is 15.4 Å². The summed E-state index contributed by atoms with van der Waals surface area (Å²) in [4.78, 5) is 34.8. The quantitative estimate of drug-likeness (QED) is 0.580. The number of amides is 3. The van der Waals surface area contributed by atoms with Gasteiger partial charge in [-0.2, -0.15) is 0 Å². The fourth-order valence-electron chi connectivity index (χ4n) is 2.00. The number of hydrogen-bond acceptors (Lipinski definition) is 6. The van der Waals surface area contributed by atoms with E-state index in [-0.39, 0.29) is 11.4 Å². The maximum atomic E-state index is 11.7. The van der Waals surface area contributed by atoms with E-state index in [1.807, 2.05) is 17.5 Å². The summed E-state index contributed by atoms with van der Waals surface area (Å²) in [7, 11) is 0. The third-order valence-corrected chi connectivity index (χ3v) is 4.10. The number of carbonyl (C=O) groups is 2. The molecule has 0 bridgehead atoms. The number of urea groups is 1. The highest BCUT2D eigenvalue weighted by atomic mass is 32.1. The second-order valence-corrected chi connectivity index (χ2v) is 6.18. The normalized spacial score (nSPS) is 10.1. The van der Waals surface area contributed by atoms with Crippen molar-refractivity contribution in [3.63, 3.8) is 0 Å². The van der Waals surface area contributed by atoms with Crippen molar-refractivity contribution in [2.45, 2.75) is 13.3 Å². The molecule has 132 valence electrons. The van der Waals surface area contributed by atoms with Crippen molar-refractivity contribution >= 4 is 29.0 Å². The third kappa shape index (κ3) is 5.88. The van der Waals surface area contributed by atoms with Crippen molar-refractivity contribution in [3.05, 3.63) is 56.3 Å². The van der Waals surface area contributed by atoms with E-state index in [9.17, 15) is 19.7 Å². The molecular formula is C16H17N3O5S. The Hall–Kier alpha value is -2.94. The average Bonchev–Trinajstić information content (AvgIpc) is 3.06. The van der Waals surface area contributed by atoms with Crippen molar-refractivity contribution in [1.29, 1.82) is 0 Å². The fourth-order valence-corrected chi connectivity index (χ4v) is 2.71. The number of nitrogens with one attached hydrogen (secondary N) is 2. The molecular weight excluding hydrogens is 346 g/mol. The number of thiophene rings is 1. The summed E-state index contributed by atoms with van der Waals surface area (Å²) in [6.07, 6.45) is 0.672. The van der Waals surface area contributed by atoms with Crippen LogP contribution in [0.5, 0.6) is 5.75 Å². The molecule has 0 aliphatic heterocycles. The van der Waals surface area contributed by atoms with Crippen LogP contribution in [-0.2, 0) is 11.2 Å². The van der Waals surface area contributed by atoms with Gasteiger partial charge in [0.1, 0.15) is 0 Å². The van der Waals surface area contributed by atoms with E-state index in [4.69, 9.17) is 4.74 Å². The third-order valence-electron chi connectivity index (χ3n) is 3.16. The van der Waals surface area contributed by atoms with Crippen LogP contribution in [0.25, 0.3) is 0 Å². The van der Waals surface area contributed by atoms with Gasteiger partial charge in [-0.25, -0.2) is 4.79 Å². The molecule has 0 saturated carbocycles. The number of benzene rings is 1. The first-order valence-electron chi connectivity index (χ1n) is 7.43. The molecule has 0 fully saturated rings. The minimum atomic E-state index is -0.691. The standard InChI is InChI=1S/C16H17N3O5S/c1-11-4-5-14(13(9-11)19(22)23)24-10-15(20)18-16(21)17-7-6-12-3-2-8-25-12/h2-5,8-9H,6-7,10H2,1H3,(H2,17,18,20,21). The molecule has 25 heavy (non-hydrogen) atoms. The van der Waals surface area contributed by atoms with Gasteiger partial charge in [0.05, 0.1) is 4.92 Å². The van der Waals surface area contributed by atoms with Crippen LogP contribution in [0.3, 0.4) is 0 Å². The van der Waals surface area contributed by atoms with Gasteiger partial charge in [0, 0.05) is 17.5 Å². The zero-order valence-electron chi connectivity index (χ0n) is 13.5. The monoisotopic (exact) mass is 363 g/mol. The Morgan fingerprint density at radius 1 is 1.32 bits per heavy atom. The minimum absolute atomic E-state index is 0.0242. The van der Waals surface area contributed by atoms with Gasteiger partial charge in [0.15, 0.2) is 12.4 Å². The van der Waals surface area contributed by atoms with Gasteiger partial charge < -0.3 is 10.1 Å². The van der Waals surface area contributed by atoms with E-state index in [1.165, 1.54) is 12.1 Å². The predicted molar refractivity (Wildman–Crippen MR) is 92.9 cm³/mol. The summed E-state index contributed by atoms with van der Waals surface area (Å²) in [6, 6.07) is 7.65. The van der Waals surface area contributed by atoms with Gasteiger partial charge in [-0.3, -0.25) is 20.2 Å². The zero-order valence-corrected chi connectivity index (χ0v) is 14.3. The number of carbonyl (C=O) groups excluding carboxylic acids is 2. The smallest absolute Gasteiger partial charge is 0.321 e. The molecule has 0 aliphatic rings. The lowest BCUT2D eigenvalue weighted by Crippen LogP contribution is -2.42. The highest BCUT2D eigenvalue weighted by molar-refractivity contribution is 7.09. The largest absolute Gasteiger partial charge is 0.477 e. The molecule has 8 nitrogen and oxygen atoms in total.